The molecule has 3 aromatic rings. The molecule has 5 nitrogen and oxygen atoms in total. The molecular formula is C21H24BrN3O2. The maximum absolute atomic E-state index is 12.8. The summed E-state index contributed by atoms with van der Waals surface area (Å²) in [6, 6.07) is 8.27. The van der Waals surface area contributed by atoms with E-state index in [1.807, 2.05) is 18.4 Å². The summed E-state index contributed by atoms with van der Waals surface area (Å²) in [6.45, 7) is 8.28. The lowest BCUT2D eigenvalue weighted by Gasteiger charge is -2.21. The van der Waals surface area contributed by atoms with E-state index in [2.05, 4.69) is 59.1 Å². The number of aryl methyl sites for hydroxylation is 2. The Morgan fingerprint density at radius 1 is 1.22 bits per heavy atom. The second kappa shape index (κ2) is 8.21. The number of hydrogen-bond donors (Lipinski definition) is 0. The van der Waals surface area contributed by atoms with Gasteiger partial charge in [0, 0.05) is 16.8 Å². The van der Waals surface area contributed by atoms with Crippen LogP contribution >= 0.6 is 15.9 Å². The summed E-state index contributed by atoms with van der Waals surface area (Å²) in [7, 11) is 0. The molecule has 3 rings (SSSR count). The highest BCUT2D eigenvalue weighted by molar-refractivity contribution is 9.10. The molecule has 6 heteroatoms. The molecule has 1 atom stereocenters. The molecule has 2 aromatic heterocycles. The number of carbonyl (C=O) groups is 1. The number of rotatable bonds is 6. The topological polar surface area (TPSA) is 56.5 Å². The van der Waals surface area contributed by atoms with Gasteiger partial charge in [0.15, 0.2) is 5.65 Å². The van der Waals surface area contributed by atoms with Crippen LogP contribution in [-0.4, -0.2) is 27.2 Å². The van der Waals surface area contributed by atoms with Crippen molar-refractivity contribution in [1.29, 1.82) is 0 Å². The lowest BCUT2D eigenvalue weighted by atomic mass is 9.89. The third kappa shape index (κ3) is 3.76. The highest BCUT2D eigenvalue weighted by atomic mass is 79.9. The average molecular weight is 430 g/mol. The van der Waals surface area contributed by atoms with Crippen molar-refractivity contribution in [3.63, 3.8) is 0 Å². The van der Waals surface area contributed by atoms with Crippen LogP contribution in [0, 0.1) is 13.8 Å². The molecule has 0 radical (unpaired) electrons. The number of esters is 1. The van der Waals surface area contributed by atoms with Gasteiger partial charge in [0.2, 0.25) is 0 Å². The number of hydrogen-bond acceptors (Lipinski definition) is 4. The van der Waals surface area contributed by atoms with Crippen molar-refractivity contribution in [3.05, 3.63) is 51.8 Å². The van der Waals surface area contributed by atoms with E-state index in [0.717, 1.165) is 39.1 Å². The van der Waals surface area contributed by atoms with E-state index < -0.39 is 0 Å². The highest BCUT2D eigenvalue weighted by Gasteiger charge is 2.29. The summed E-state index contributed by atoms with van der Waals surface area (Å²) in [5, 5.41) is 4.52. The normalized spacial score (nSPS) is 12.3. The summed E-state index contributed by atoms with van der Waals surface area (Å²) < 4.78 is 8.03. The fraction of sp³-hybridized carbons (Fsp3) is 0.381. The third-order valence-electron chi connectivity index (χ3n) is 4.65. The summed E-state index contributed by atoms with van der Waals surface area (Å²) in [6.07, 6.45) is 3.31. The predicted molar refractivity (Wildman–Crippen MR) is 110 cm³/mol. The molecule has 0 amide bonds. The van der Waals surface area contributed by atoms with Gasteiger partial charge in [-0.25, -0.2) is 9.50 Å². The Kier molecular flexibility index (Phi) is 5.95. The molecule has 0 saturated carbocycles. The molecular weight excluding hydrogens is 406 g/mol. The van der Waals surface area contributed by atoms with Crippen LogP contribution in [0.5, 0.6) is 0 Å². The monoisotopic (exact) mass is 429 g/mol. The van der Waals surface area contributed by atoms with Crippen LogP contribution in [0.15, 0.2) is 34.9 Å². The Morgan fingerprint density at radius 3 is 2.56 bits per heavy atom. The van der Waals surface area contributed by atoms with Gasteiger partial charge in [-0.05, 0) is 43.1 Å². The van der Waals surface area contributed by atoms with E-state index in [-0.39, 0.29) is 11.9 Å². The first-order valence-electron chi connectivity index (χ1n) is 9.25. The molecule has 0 aliphatic heterocycles. The summed E-state index contributed by atoms with van der Waals surface area (Å²) >= 11 is 3.53. The van der Waals surface area contributed by atoms with E-state index in [1.165, 1.54) is 5.56 Å². The standard InChI is InChI=1S/C21H24BrN3O2/c1-5-7-16(21(26)27-6-2)18-14(4)24-20-17(22)12-23-25(20)19(18)15-10-8-13(3)9-11-15/h8-12,16H,5-7H2,1-4H3. The van der Waals surface area contributed by atoms with Gasteiger partial charge in [0.05, 0.1) is 28.9 Å². The van der Waals surface area contributed by atoms with Crippen molar-refractivity contribution in [3.8, 4) is 11.3 Å². The van der Waals surface area contributed by atoms with Crippen molar-refractivity contribution in [1.82, 2.24) is 14.6 Å². The van der Waals surface area contributed by atoms with Crippen LogP contribution in [0.1, 0.15) is 49.4 Å². The Bertz CT molecular complexity index is 964. The Balaban J connectivity index is 2.33. The second-order valence-corrected chi connectivity index (χ2v) is 7.50. The minimum atomic E-state index is -0.369. The van der Waals surface area contributed by atoms with Gasteiger partial charge in [0.25, 0.3) is 0 Å². The van der Waals surface area contributed by atoms with Crippen LogP contribution in [-0.2, 0) is 9.53 Å². The van der Waals surface area contributed by atoms with Crippen molar-refractivity contribution in [2.45, 2.75) is 46.5 Å². The Labute approximate surface area is 167 Å². The highest BCUT2D eigenvalue weighted by Crippen LogP contribution is 2.36. The Morgan fingerprint density at radius 2 is 1.93 bits per heavy atom. The predicted octanol–water partition coefficient (Wildman–Crippen LogP) is 5.22. The van der Waals surface area contributed by atoms with Crippen molar-refractivity contribution in [2.75, 3.05) is 6.61 Å². The molecule has 0 N–H and O–H groups in total. The molecule has 0 spiro atoms. The maximum Gasteiger partial charge on any atom is 0.313 e. The number of ether oxygens (including phenoxy) is 1. The second-order valence-electron chi connectivity index (χ2n) is 6.65. The molecule has 0 aliphatic rings. The molecule has 0 bridgehead atoms. The van der Waals surface area contributed by atoms with Crippen LogP contribution in [0.3, 0.4) is 0 Å². The van der Waals surface area contributed by atoms with Gasteiger partial charge in [-0.15, -0.1) is 0 Å². The van der Waals surface area contributed by atoms with E-state index >= 15 is 0 Å². The van der Waals surface area contributed by atoms with Crippen LogP contribution in [0.25, 0.3) is 16.9 Å². The minimum absolute atomic E-state index is 0.205. The first kappa shape index (κ1) is 19.5. The van der Waals surface area contributed by atoms with E-state index in [4.69, 9.17) is 9.72 Å². The number of benzene rings is 1. The van der Waals surface area contributed by atoms with Gasteiger partial charge in [-0.2, -0.15) is 5.10 Å². The van der Waals surface area contributed by atoms with Crippen LogP contribution in [0.2, 0.25) is 0 Å². The van der Waals surface area contributed by atoms with Crippen LogP contribution in [0.4, 0.5) is 0 Å². The number of carbonyl (C=O) groups excluding carboxylic acids is 1. The van der Waals surface area contributed by atoms with Gasteiger partial charge < -0.3 is 4.74 Å². The van der Waals surface area contributed by atoms with E-state index in [1.54, 1.807) is 6.20 Å². The van der Waals surface area contributed by atoms with E-state index in [0.29, 0.717) is 13.0 Å². The van der Waals surface area contributed by atoms with Gasteiger partial charge in [-0.1, -0.05) is 43.2 Å². The summed E-state index contributed by atoms with van der Waals surface area (Å²) in [5.41, 5.74) is 5.54. The maximum atomic E-state index is 12.8. The number of nitrogens with zero attached hydrogens (tertiary/aromatic N) is 3. The molecule has 27 heavy (non-hydrogen) atoms. The number of halogens is 1. The van der Waals surface area contributed by atoms with Crippen molar-refractivity contribution >= 4 is 27.5 Å². The number of aromatic nitrogens is 3. The minimum Gasteiger partial charge on any atom is -0.466 e. The fourth-order valence-corrected chi connectivity index (χ4v) is 3.76. The Hall–Kier alpha value is -2.21. The molecule has 1 aromatic carbocycles. The van der Waals surface area contributed by atoms with Gasteiger partial charge in [0.1, 0.15) is 0 Å². The van der Waals surface area contributed by atoms with Crippen molar-refractivity contribution < 1.29 is 9.53 Å². The summed E-state index contributed by atoms with van der Waals surface area (Å²) in [5.74, 6) is -0.575. The molecule has 1 unspecified atom stereocenters. The smallest absolute Gasteiger partial charge is 0.313 e. The molecule has 2 heterocycles. The zero-order valence-electron chi connectivity index (χ0n) is 16.1. The first-order chi connectivity index (χ1) is 13.0. The van der Waals surface area contributed by atoms with Gasteiger partial charge in [-0.3, -0.25) is 4.79 Å². The SMILES string of the molecule is CCCC(C(=O)OCC)c1c(C)nc2c(Br)cnn2c1-c1ccc(C)cc1. The first-order valence-corrected chi connectivity index (χ1v) is 10.0. The zero-order chi connectivity index (χ0) is 19.6. The zero-order valence-corrected chi connectivity index (χ0v) is 17.7. The van der Waals surface area contributed by atoms with Gasteiger partial charge >= 0.3 is 5.97 Å². The largest absolute Gasteiger partial charge is 0.466 e. The lowest BCUT2D eigenvalue weighted by Crippen LogP contribution is -2.20. The quantitative estimate of drug-likeness (QED) is 0.503. The lowest BCUT2D eigenvalue weighted by molar-refractivity contribution is -0.145. The third-order valence-corrected chi connectivity index (χ3v) is 5.21. The van der Waals surface area contributed by atoms with Crippen molar-refractivity contribution in [2.24, 2.45) is 0 Å². The molecule has 0 aliphatic carbocycles. The average Bonchev–Trinajstić information content (AvgIpc) is 3.00. The summed E-state index contributed by atoms with van der Waals surface area (Å²) in [4.78, 5) is 17.5. The molecule has 0 saturated heterocycles. The van der Waals surface area contributed by atoms with E-state index in [9.17, 15) is 4.79 Å². The molecule has 142 valence electrons. The fourth-order valence-electron chi connectivity index (χ4n) is 3.41. The molecule has 0 fully saturated rings. The number of fused-ring (bicyclic) bond motifs is 1. The van der Waals surface area contributed by atoms with Crippen LogP contribution < -0.4 is 0 Å².